The van der Waals surface area contributed by atoms with E-state index in [-0.39, 0.29) is 5.01 Å². The van der Waals surface area contributed by atoms with Gasteiger partial charge in [0.15, 0.2) is 5.01 Å². The quantitative estimate of drug-likeness (QED) is 0.626. The van der Waals surface area contributed by atoms with Crippen molar-refractivity contribution in [3.05, 3.63) is 28.8 Å². The van der Waals surface area contributed by atoms with Crippen LogP contribution in [0.4, 0.5) is 0 Å². The highest BCUT2D eigenvalue weighted by molar-refractivity contribution is 9.09. The topological polar surface area (TPSA) is 9.23 Å². The molecule has 1 aliphatic rings. The molecule has 0 aliphatic carbocycles. The molecule has 1 heterocycles. The van der Waals surface area contributed by atoms with E-state index in [0.717, 1.165) is 17.2 Å². The van der Waals surface area contributed by atoms with Crippen LogP contribution in [0.1, 0.15) is 5.56 Å². The molecule has 58 valence electrons. The average molecular weight is 233 g/mol. The minimum Gasteiger partial charge on any atom is -0.479 e. The smallest absolute Gasteiger partial charge is 0.157 e. The fourth-order valence-corrected chi connectivity index (χ4v) is 1.92. The standard InChI is InChI=1S/C8H6BrClO/c9-8-4-5-3-6(10)1-2-7(5)11-8/h1-3,8H,4H2/t8-/m1/s1. The van der Waals surface area contributed by atoms with Crippen LogP contribution in [-0.2, 0) is 6.42 Å². The Kier molecular flexibility index (Phi) is 1.81. The Morgan fingerprint density at radius 1 is 1.55 bits per heavy atom. The van der Waals surface area contributed by atoms with Gasteiger partial charge in [0, 0.05) is 17.0 Å². The van der Waals surface area contributed by atoms with Gasteiger partial charge >= 0.3 is 0 Å². The van der Waals surface area contributed by atoms with E-state index in [0.29, 0.717) is 0 Å². The summed E-state index contributed by atoms with van der Waals surface area (Å²) in [5.41, 5.74) is 1.18. The highest BCUT2D eigenvalue weighted by Gasteiger charge is 2.19. The number of rotatable bonds is 0. The van der Waals surface area contributed by atoms with Crippen LogP contribution < -0.4 is 4.74 Å². The summed E-state index contributed by atoms with van der Waals surface area (Å²) in [6, 6.07) is 5.68. The second-order valence-electron chi connectivity index (χ2n) is 2.48. The third-order valence-electron chi connectivity index (χ3n) is 1.66. The molecule has 0 saturated heterocycles. The van der Waals surface area contributed by atoms with Crippen molar-refractivity contribution in [1.29, 1.82) is 0 Å². The van der Waals surface area contributed by atoms with Gasteiger partial charge in [-0.2, -0.15) is 0 Å². The van der Waals surface area contributed by atoms with Gasteiger partial charge in [0.25, 0.3) is 0 Å². The van der Waals surface area contributed by atoms with Crippen molar-refractivity contribution in [1.82, 2.24) is 0 Å². The van der Waals surface area contributed by atoms with Gasteiger partial charge in [0.05, 0.1) is 0 Å². The lowest BCUT2D eigenvalue weighted by molar-refractivity contribution is 0.330. The van der Waals surface area contributed by atoms with Gasteiger partial charge < -0.3 is 4.74 Å². The maximum Gasteiger partial charge on any atom is 0.157 e. The summed E-state index contributed by atoms with van der Waals surface area (Å²) in [7, 11) is 0. The zero-order chi connectivity index (χ0) is 7.84. The summed E-state index contributed by atoms with van der Waals surface area (Å²) < 4.78 is 5.42. The van der Waals surface area contributed by atoms with Crippen LogP contribution in [0.2, 0.25) is 5.02 Å². The average Bonchev–Trinajstić information content (AvgIpc) is 2.27. The molecular formula is C8H6BrClO. The number of hydrogen-bond donors (Lipinski definition) is 0. The van der Waals surface area contributed by atoms with Gasteiger partial charge in [-0.3, -0.25) is 0 Å². The van der Waals surface area contributed by atoms with Gasteiger partial charge in [0.1, 0.15) is 5.75 Å². The fourth-order valence-electron chi connectivity index (χ4n) is 1.17. The van der Waals surface area contributed by atoms with Crippen molar-refractivity contribution < 1.29 is 4.74 Å². The minimum atomic E-state index is 0.121. The monoisotopic (exact) mass is 232 g/mol. The van der Waals surface area contributed by atoms with Gasteiger partial charge in [-0.05, 0) is 34.1 Å². The molecule has 0 radical (unpaired) electrons. The fraction of sp³-hybridized carbons (Fsp3) is 0.250. The van der Waals surface area contributed by atoms with Crippen LogP contribution in [-0.4, -0.2) is 5.01 Å². The van der Waals surface area contributed by atoms with E-state index in [1.165, 1.54) is 5.56 Å². The van der Waals surface area contributed by atoms with Crippen molar-refractivity contribution in [2.75, 3.05) is 0 Å². The summed E-state index contributed by atoms with van der Waals surface area (Å²) in [6.45, 7) is 0. The Balaban J connectivity index is 2.43. The molecule has 11 heavy (non-hydrogen) atoms. The number of halogens is 2. The Hall–Kier alpha value is -0.210. The maximum absolute atomic E-state index is 5.80. The highest BCUT2D eigenvalue weighted by atomic mass is 79.9. The highest BCUT2D eigenvalue weighted by Crippen LogP contribution is 2.32. The van der Waals surface area contributed by atoms with Crippen LogP contribution in [0.3, 0.4) is 0 Å². The molecule has 1 nitrogen and oxygen atoms in total. The van der Waals surface area contributed by atoms with E-state index in [1.54, 1.807) is 0 Å². The molecule has 0 saturated carbocycles. The molecule has 0 bridgehead atoms. The summed E-state index contributed by atoms with van der Waals surface area (Å²) >= 11 is 9.18. The normalized spacial score (nSPS) is 21.1. The molecule has 0 aromatic heterocycles. The van der Waals surface area contributed by atoms with Crippen molar-refractivity contribution in [3.63, 3.8) is 0 Å². The van der Waals surface area contributed by atoms with Gasteiger partial charge in [-0.1, -0.05) is 11.6 Å². The lowest BCUT2D eigenvalue weighted by Gasteiger charge is -1.99. The Morgan fingerprint density at radius 2 is 2.36 bits per heavy atom. The van der Waals surface area contributed by atoms with Gasteiger partial charge in [0.2, 0.25) is 0 Å². The second kappa shape index (κ2) is 2.68. The van der Waals surface area contributed by atoms with E-state index >= 15 is 0 Å². The molecule has 0 unspecified atom stereocenters. The van der Waals surface area contributed by atoms with E-state index in [2.05, 4.69) is 15.9 Å². The van der Waals surface area contributed by atoms with Gasteiger partial charge in [-0.15, -0.1) is 0 Å². The number of ether oxygens (including phenoxy) is 1. The van der Waals surface area contributed by atoms with Crippen molar-refractivity contribution in [2.24, 2.45) is 0 Å². The van der Waals surface area contributed by atoms with E-state index < -0.39 is 0 Å². The summed E-state index contributed by atoms with van der Waals surface area (Å²) in [6.07, 6.45) is 0.899. The lowest BCUT2D eigenvalue weighted by atomic mass is 10.2. The number of alkyl halides is 1. The van der Waals surface area contributed by atoms with E-state index in [1.807, 2.05) is 18.2 Å². The number of benzene rings is 1. The first-order chi connectivity index (χ1) is 5.25. The predicted octanol–water partition coefficient (Wildman–Crippen LogP) is 3.00. The molecular weight excluding hydrogens is 227 g/mol. The van der Waals surface area contributed by atoms with E-state index in [9.17, 15) is 0 Å². The first-order valence-corrected chi connectivity index (χ1v) is 4.64. The van der Waals surface area contributed by atoms with Crippen LogP contribution >= 0.6 is 27.5 Å². The van der Waals surface area contributed by atoms with Crippen molar-refractivity contribution in [2.45, 2.75) is 11.4 Å². The van der Waals surface area contributed by atoms with Crippen LogP contribution in [0.15, 0.2) is 18.2 Å². The SMILES string of the molecule is Clc1ccc2c(c1)C[C@H](Br)O2. The molecule has 0 spiro atoms. The Labute approximate surface area is 78.4 Å². The van der Waals surface area contributed by atoms with Crippen LogP contribution in [0.5, 0.6) is 5.75 Å². The third-order valence-corrected chi connectivity index (χ3v) is 2.40. The molecule has 0 fully saturated rings. The first kappa shape index (κ1) is 7.44. The zero-order valence-electron chi connectivity index (χ0n) is 5.68. The maximum atomic E-state index is 5.80. The first-order valence-electron chi connectivity index (χ1n) is 3.35. The Morgan fingerprint density at radius 3 is 3.18 bits per heavy atom. The second-order valence-corrected chi connectivity index (χ2v) is 3.94. The van der Waals surface area contributed by atoms with Gasteiger partial charge in [-0.25, -0.2) is 0 Å². The largest absolute Gasteiger partial charge is 0.479 e. The molecule has 2 rings (SSSR count). The summed E-state index contributed by atoms with van der Waals surface area (Å²) in [4.78, 5) is 0. The molecule has 1 atom stereocenters. The molecule has 3 heteroatoms. The molecule has 1 aliphatic heterocycles. The van der Waals surface area contributed by atoms with Crippen molar-refractivity contribution >= 4 is 27.5 Å². The van der Waals surface area contributed by atoms with Crippen LogP contribution in [0, 0.1) is 0 Å². The Bertz CT molecular complexity index is 287. The van der Waals surface area contributed by atoms with Crippen LogP contribution in [0.25, 0.3) is 0 Å². The summed E-state index contributed by atoms with van der Waals surface area (Å²) in [5, 5.41) is 0.893. The third kappa shape index (κ3) is 1.37. The lowest BCUT2D eigenvalue weighted by Crippen LogP contribution is -2.00. The van der Waals surface area contributed by atoms with E-state index in [4.69, 9.17) is 16.3 Å². The molecule has 0 N–H and O–H groups in total. The number of fused-ring (bicyclic) bond motifs is 1. The zero-order valence-corrected chi connectivity index (χ0v) is 8.02. The predicted molar refractivity (Wildman–Crippen MR) is 48.5 cm³/mol. The van der Waals surface area contributed by atoms with Crippen molar-refractivity contribution in [3.8, 4) is 5.75 Å². The molecule has 0 amide bonds. The summed E-state index contributed by atoms with van der Waals surface area (Å²) in [5.74, 6) is 0.941. The molecule has 1 aromatic carbocycles. The number of hydrogen-bond acceptors (Lipinski definition) is 1. The molecule has 1 aromatic rings. The minimum absolute atomic E-state index is 0.121.